The maximum absolute atomic E-state index is 12.5. The average Bonchev–Trinajstić information content (AvgIpc) is 2.89. The zero-order valence-electron chi connectivity index (χ0n) is 12.7. The summed E-state index contributed by atoms with van der Waals surface area (Å²) in [4.78, 5) is 25.9. The number of carbonyl (C=O) groups is 2. The Morgan fingerprint density at radius 1 is 1.29 bits per heavy atom. The molecule has 0 aromatic heterocycles. The first-order chi connectivity index (χ1) is 10.1. The number of thioether (sulfide) groups is 1. The number of nitrogens with zero attached hydrogens (tertiary/aromatic N) is 1. The lowest BCUT2D eigenvalue weighted by Crippen LogP contribution is -2.30. The van der Waals surface area contributed by atoms with Crippen molar-refractivity contribution in [2.24, 2.45) is 11.8 Å². The Hall–Kier alpha value is -1.49. The predicted octanol–water partition coefficient (Wildman–Crippen LogP) is 2.43. The fraction of sp³-hybridized carbons (Fsp3) is 0.500. The van der Waals surface area contributed by atoms with E-state index in [0.717, 1.165) is 5.75 Å². The molecule has 114 valence electrons. The van der Waals surface area contributed by atoms with Crippen LogP contribution in [-0.4, -0.2) is 43.2 Å². The van der Waals surface area contributed by atoms with Gasteiger partial charge in [0.25, 0.3) is 5.91 Å². The van der Waals surface area contributed by atoms with E-state index in [9.17, 15) is 9.59 Å². The topological polar surface area (TPSA) is 46.6 Å². The highest BCUT2D eigenvalue weighted by Gasteiger charge is 2.37. The summed E-state index contributed by atoms with van der Waals surface area (Å²) in [5.74, 6) is 0.628. The van der Waals surface area contributed by atoms with Gasteiger partial charge in [0, 0.05) is 24.4 Å². The lowest BCUT2D eigenvalue weighted by Gasteiger charge is -2.16. The lowest BCUT2D eigenvalue weighted by atomic mass is 9.99. The van der Waals surface area contributed by atoms with E-state index in [1.54, 1.807) is 16.7 Å². The smallest absolute Gasteiger partial charge is 0.310 e. The van der Waals surface area contributed by atoms with Crippen LogP contribution in [0.5, 0.6) is 0 Å². The summed E-state index contributed by atoms with van der Waals surface area (Å²) in [6.07, 6.45) is 2.05. The molecule has 1 amide bonds. The molecule has 2 atom stereocenters. The molecule has 0 saturated carbocycles. The summed E-state index contributed by atoms with van der Waals surface area (Å²) in [6, 6.07) is 7.70. The van der Waals surface area contributed by atoms with E-state index >= 15 is 0 Å². The van der Waals surface area contributed by atoms with Crippen molar-refractivity contribution in [3.8, 4) is 0 Å². The molecule has 0 radical (unpaired) electrons. The number of hydrogen-bond acceptors (Lipinski definition) is 4. The number of ether oxygens (including phenoxy) is 1. The van der Waals surface area contributed by atoms with Gasteiger partial charge in [0.2, 0.25) is 0 Å². The Balaban J connectivity index is 2.05. The van der Waals surface area contributed by atoms with Gasteiger partial charge < -0.3 is 9.64 Å². The number of methoxy groups -OCH3 is 1. The van der Waals surface area contributed by atoms with Crippen molar-refractivity contribution >= 4 is 23.6 Å². The van der Waals surface area contributed by atoms with Crippen LogP contribution in [0.25, 0.3) is 0 Å². The quantitative estimate of drug-likeness (QED) is 0.802. The van der Waals surface area contributed by atoms with Gasteiger partial charge in [-0.15, -0.1) is 0 Å². The van der Waals surface area contributed by atoms with E-state index in [1.165, 1.54) is 12.7 Å². The summed E-state index contributed by atoms with van der Waals surface area (Å²) >= 11 is 1.75. The van der Waals surface area contributed by atoms with Crippen LogP contribution >= 0.6 is 11.8 Å². The Morgan fingerprint density at radius 2 is 1.95 bits per heavy atom. The first-order valence-electron chi connectivity index (χ1n) is 7.01. The molecule has 2 rings (SSSR count). The van der Waals surface area contributed by atoms with Gasteiger partial charge in [0.1, 0.15) is 0 Å². The normalized spacial score (nSPS) is 21.4. The van der Waals surface area contributed by atoms with E-state index in [0.29, 0.717) is 18.7 Å². The molecule has 4 nitrogen and oxygen atoms in total. The molecule has 1 saturated heterocycles. The molecule has 0 aliphatic carbocycles. The second-order valence-electron chi connectivity index (χ2n) is 5.45. The van der Waals surface area contributed by atoms with Crippen molar-refractivity contribution in [2.75, 3.05) is 26.5 Å². The maximum Gasteiger partial charge on any atom is 0.310 e. The van der Waals surface area contributed by atoms with Crippen molar-refractivity contribution < 1.29 is 14.3 Å². The largest absolute Gasteiger partial charge is 0.469 e. The first kappa shape index (κ1) is 15.9. The number of esters is 1. The van der Waals surface area contributed by atoms with Crippen LogP contribution in [-0.2, 0) is 15.3 Å². The van der Waals surface area contributed by atoms with E-state index in [4.69, 9.17) is 4.74 Å². The maximum atomic E-state index is 12.5. The molecule has 1 aromatic rings. The minimum Gasteiger partial charge on any atom is -0.469 e. The standard InChI is InChI=1S/C16H21NO3S/c1-11-8-17(9-14(11)16(19)20-2)15(18)13-6-4-12(5-7-13)10-21-3/h4-7,11,14H,8-10H2,1-3H3. The predicted molar refractivity (Wildman–Crippen MR) is 84.2 cm³/mol. The molecule has 1 heterocycles. The minimum atomic E-state index is -0.229. The second kappa shape index (κ2) is 6.98. The highest BCUT2D eigenvalue weighted by atomic mass is 32.2. The molecule has 1 aromatic carbocycles. The number of carbonyl (C=O) groups excluding carboxylic acids is 2. The van der Waals surface area contributed by atoms with Gasteiger partial charge in [-0.1, -0.05) is 19.1 Å². The summed E-state index contributed by atoms with van der Waals surface area (Å²) in [5, 5.41) is 0. The Bertz CT molecular complexity index is 515. The zero-order valence-corrected chi connectivity index (χ0v) is 13.5. The third-order valence-corrected chi connectivity index (χ3v) is 4.54. The Kier molecular flexibility index (Phi) is 5.28. The molecule has 2 unspecified atom stereocenters. The molecule has 21 heavy (non-hydrogen) atoms. The number of rotatable bonds is 4. The van der Waals surface area contributed by atoms with E-state index in [2.05, 4.69) is 6.26 Å². The highest BCUT2D eigenvalue weighted by Crippen LogP contribution is 2.25. The van der Waals surface area contributed by atoms with Crippen LogP contribution in [0.1, 0.15) is 22.8 Å². The summed E-state index contributed by atoms with van der Waals surface area (Å²) in [7, 11) is 1.39. The molecule has 0 N–H and O–H groups in total. The van der Waals surface area contributed by atoms with Gasteiger partial charge in [0.15, 0.2) is 0 Å². The van der Waals surface area contributed by atoms with Gasteiger partial charge in [-0.25, -0.2) is 0 Å². The van der Waals surface area contributed by atoms with Crippen molar-refractivity contribution in [2.45, 2.75) is 12.7 Å². The van der Waals surface area contributed by atoms with E-state index in [-0.39, 0.29) is 23.7 Å². The second-order valence-corrected chi connectivity index (χ2v) is 6.31. The van der Waals surface area contributed by atoms with E-state index < -0.39 is 0 Å². The van der Waals surface area contributed by atoms with Crippen LogP contribution < -0.4 is 0 Å². The monoisotopic (exact) mass is 307 g/mol. The molecule has 0 bridgehead atoms. The van der Waals surface area contributed by atoms with Crippen molar-refractivity contribution in [3.05, 3.63) is 35.4 Å². The van der Waals surface area contributed by atoms with Gasteiger partial charge in [0.05, 0.1) is 13.0 Å². The van der Waals surface area contributed by atoms with Gasteiger partial charge in [-0.05, 0) is 29.9 Å². The summed E-state index contributed by atoms with van der Waals surface area (Å²) in [6.45, 7) is 3.03. The van der Waals surface area contributed by atoms with Crippen molar-refractivity contribution in [3.63, 3.8) is 0 Å². The molecule has 0 spiro atoms. The Morgan fingerprint density at radius 3 is 2.52 bits per heavy atom. The van der Waals surface area contributed by atoms with Crippen LogP contribution in [0, 0.1) is 11.8 Å². The molecular formula is C16H21NO3S. The van der Waals surface area contributed by atoms with E-state index in [1.807, 2.05) is 31.2 Å². The SMILES string of the molecule is COC(=O)C1CN(C(=O)c2ccc(CSC)cc2)CC1C. The number of likely N-dealkylation sites (tertiary alicyclic amines) is 1. The number of hydrogen-bond donors (Lipinski definition) is 0. The zero-order chi connectivity index (χ0) is 15.4. The summed E-state index contributed by atoms with van der Waals surface area (Å²) < 4.78 is 4.80. The lowest BCUT2D eigenvalue weighted by molar-refractivity contribution is -0.146. The van der Waals surface area contributed by atoms with Gasteiger partial charge >= 0.3 is 5.97 Å². The van der Waals surface area contributed by atoms with Crippen LogP contribution in [0.4, 0.5) is 0 Å². The number of benzene rings is 1. The number of amides is 1. The fourth-order valence-corrected chi connectivity index (χ4v) is 3.21. The van der Waals surface area contributed by atoms with Crippen LogP contribution in [0.15, 0.2) is 24.3 Å². The molecule has 1 aliphatic heterocycles. The molecule has 1 aliphatic rings. The van der Waals surface area contributed by atoms with Gasteiger partial charge in [-0.3, -0.25) is 9.59 Å². The third kappa shape index (κ3) is 3.59. The molecule has 1 fully saturated rings. The van der Waals surface area contributed by atoms with Crippen LogP contribution in [0.3, 0.4) is 0 Å². The Labute approximate surface area is 129 Å². The van der Waals surface area contributed by atoms with Gasteiger partial charge in [-0.2, -0.15) is 11.8 Å². The third-order valence-electron chi connectivity index (χ3n) is 3.92. The fourth-order valence-electron chi connectivity index (χ4n) is 2.68. The summed E-state index contributed by atoms with van der Waals surface area (Å²) in [5.41, 5.74) is 1.89. The van der Waals surface area contributed by atoms with Crippen molar-refractivity contribution in [1.82, 2.24) is 4.90 Å². The minimum absolute atomic E-state index is 0.0102. The molecule has 5 heteroatoms. The van der Waals surface area contributed by atoms with Crippen LogP contribution in [0.2, 0.25) is 0 Å². The average molecular weight is 307 g/mol. The first-order valence-corrected chi connectivity index (χ1v) is 8.41. The van der Waals surface area contributed by atoms with Crippen molar-refractivity contribution in [1.29, 1.82) is 0 Å². The molecular weight excluding hydrogens is 286 g/mol. The highest BCUT2D eigenvalue weighted by molar-refractivity contribution is 7.97.